The van der Waals surface area contributed by atoms with Gasteiger partial charge in [0.25, 0.3) is 0 Å². The normalized spacial score (nSPS) is 26.4. The van der Waals surface area contributed by atoms with Crippen molar-refractivity contribution < 1.29 is 9.59 Å². The van der Waals surface area contributed by atoms with E-state index in [0.29, 0.717) is 31.8 Å². The lowest BCUT2D eigenvalue weighted by molar-refractivity contribution is -0.141. The van der Waals surface area contributed by atoms with Gasteiger partial charge in [0.1, 0.15) is 6.04 Å². The van der Waals surface area contributed by atoms with E-state index in [1.165, 1.54) is 4.88 Å². The Hall–Kier alpha value is -2.22. The summed E-state index contributed by atoms with van der Waals surface area (Å²) < 4.78 is 0. The van der Waals surface area contributed by atoms with Gasteiger partial charge in [-0.2, -0.15) is 0 Å². The third-order valence-corrected chi connectivity index (χ3v) is 7.68. The predicted molar refractivity (Wildman–Crippen MR) is 124 cm³/mol. The molecule has 6 nitrogen and oxygen atoms in total. The molecule has 4 rings (SSSR count). The summed E-state index contributed by atoms with van der Waals surface area (Å²) in [5, 5.41) is 2.06. The fourth-order valence-electron chi connectivity index (χ4n) is 4.86. The minimum absolute atomic E-state index is 0.0625. The quantitative estimate of drug-likeness (QED) is 0.645. The average molecular weight is 441 g/mol. The molecule has 0 radical (unpaired) electrons. The van der Waals surface area contributed by atoms with E-state index in [-0.39, 0.29) is 23.9 Å². The molecule has 0 spiro atoms. The minimum Gasteiger partial charge on any atom is -0.369 e. The number of primary amides is 1. The Bertz CT molecular complexity index is 929. The van der Waals surface area contributed by atoms with Crippen molar-refractivity contribution in [3.05, 3.63) is 47.3 Å². The lowest BCUT2D eigenvalue weighted by Gasteiger charge is -2.42. The molecule has 3 atom stereocenters. The monoisotopic (exact) mass is 440 g/mol. The smallest absolute Gasteiger partial charge is 0.241 e. The highest BCUT2D eigenvalue weighted by atomic mass is 32.1. The molecule has 2 saturated heterocycles. The molecule has 4 N–H and O–H groups in total. The van der Waals surface area contributed by atoms with Gasteiger partial charge in [0.05, 0.1) is 5.41 Å². The Morgan fingerprint density at radius 2 is 2.03 bits per heavy atom. The molecule has 0 bridgehead atoms. The summed E-state index contributed by atoms with van der Waals surface area (Å²) in [7, 11) is 0. The number of hydrogen-bond donors (Lipinski definition) is 3. The maximum atomic E-state index is 13.3. The molecule has 3 heterocycles. The van der Waals surface area contributed by atoms with Gasteiger partial charge < -0.3 is 10.6 Å². The highest BCUT2D eigenvalue weighted by Crippen LogP contribution is 2.38. The molecule has 2 amide bonds. The van der Waals surface area contributed by atoms with E-state index < -0.39 is 5.41 Å². The lowest BCUT2D eigenvalue weighted by atomic mass is 9.73. The third kappa shape index (κ3) is 4.54. The van der Waals surface area contributed by atoms with Crippen LogP contribution < -0.4 is 16.6 Å². The van der Waals surface area contributed by atoms with E-state index >= 15 is 0 Å². The number of thiophene rings is 1. The van der Waals surface area contributed by atoms with Gasteiger partial charge >= 0.3 is 0 Å². The summed E-state index contributed by atoms with van der Waals surface area (Å²) in [6.45, 7) is 5.35. The standard InChI is InChI=1S/C24H32N4O2S/c1-16(2)19-13-20(27-26-19)22(29)28-11-6-10-24(15-28,23(25)30)14-17-7-3-4-8-18(17)21-9-5-12-31-21/h3-5,7-9,12,16,19-20,26-27H,6,10-11,13-15H2,1-2H3,(H2,25,30). The Kier molecular flexibility index (Phi) is 6.46. The maximum absolute atomic E-state index is 13.3. The van der Waals surface area contributed by atoms with Gasteiger partial charge in [-0.05, 0) is 54.2 Å². The molecular formula is C24H32N4O2S. The van der Waals surface area contributed by atoms with Crippen molar-refractivity contribution >= 4 is 23.2 Å². The van der Waals surface area contributed by atoms with Crippen molar-refractivity contribution in [3.63, 3.8) is 0 Å². The number of nitrogens with one attached hydrogen (secondary N) is 2. The highest BCUT2D eigenvalue weighted by Gasteiger charge is 2.44. The van der Waals surface area contributed by atoms with Crippen LogP contribution in [-0.4, -0.2) is 41.9 Å². The number of likely N-dealkylation sites (tertiary alicyclic amines) is 1. The topological polar surface area (TPSA) is 87.5 Å². The molecule has 0 aliphatic carbocycles. The zero-order chi connectivity index (χ0) is 22.0. The van der Waals surface area contributed by atoms with Crippen molar-refractivity contribution in [2.24, 2.45) is 17.1 Å². The number of rotatable bonds is 6. The number of carbonyl (C=O) groups is 2. The molecule has 2 fully saturated rings. The first-order valence-corrected chi connectivity index (χ1v) is 12.0. The van der Waals surface area contributed by atoms with Gasteiger partial charge in [-0.1, -0.05) is 44.2 Å². The van der Waals surface area contributed by atoms with Crippen LogP contribution in [0, 0.1) is 11.3 Å². The Morgan fingerprint density at radius 1 is 1.23 bits per heavy atom. The van der Waals surface area contributed by atoms with Crippen LogP contribution in [0.3, 0.4) is 0 Å². The summed E-state index contributed by atoms with van der Waals surface area (Å²) in [5.41, 5.74) is 13.9. The first kappa shape index (κ1) is 22.0. The minimum atomic E-state index is -0.745. The van der Waals surface area contributed by atoms with Crippen LogP contribution in [0.15, 0.2) is 41.8 Å². The van der Waals surface area contributed by atoms with Gasteiger partial charge in [-0.25, -0.2) is 5.43 Å². The first-order valence-electron chi connectivity index (χ1n) is 11.1. The van der Waals surface area contributed by atoms with E-state index in [4.69, 9.17) is 5.73 Å². The second-order valence-corrected chi connectivity index (χ2v) is 10.2. The predicted octanol–water partition coefficient (Wildman–Crippen LogP) is 2.94. The van der Waals surface area contributed by atoms with Crippen LogP contribution >= 0.6 is 11.3 Å². The van der Waals surface area contributed by atoms with Crippen molar-refractivity contribution in [1.82, 2.24) is 15.8 Å². The van der Waals surface area contributed by atoms with Crippen molar-refractivity contribution in [3.8, 4) is 10.4 Å². The van der Waals surface area contributed by atoms with E-state index in [1.54, 1.807) is 11.3 Å². The zero-order valence-corrected chi connectivity index (χ0v) is 19.1. The Balaban J connectivity index is 1.55. The van der Waals surface area contributed by atoms with E-state index in [0.717, 1.165) is 24.0 Å². The molecule has 7 heteroatoms. The number of hydrazine groups is 1. The molecule has 2 aromatic rings. The molecule has 2 aliphatic heterocycles. The zero-order valence-electron chi connectivity index (χ0n) is 18.3. The molecule has 2 aliphatic rings. The maximum Gasteiger partial charge on any atom is 0.241 e. The van der Waals surface area contributed by atoms with E-state index in [9.17, 15) is 9.59 Å². The van der Waals surface area contributed by atoms with Crippen LogP contribution in [0.5, 0.6) is 0 Å². The van der Waals surface area contributed by atoms with Crippen LogP contribution in [0.4, 0.5) is 0 Å². The van der Waals surface area contributed by atoms with E-state index in [1.807, 2.05) is 23.1 Å². The molecule has 166 valence electrons. The van der Waals surface area contributed by atoms with Crippen LogP contribution in [0.25, 0.3) is 10.4 Å². The van der Waals surface area contributed by atoms with Crippen LogP contribution in [0.1, 0.15) is 38.7 Å². The number of piperidine rings is 1. The summed E-state index contributed by atoms with van der Waals surface area (Å²) >= 11 is 1.69. The number of amides is 2. The SMILES string of the molecule is CC(C)C1CC(C(=O)N2CCCC(Cc3ccccc3-c3cccs3)(C(N)=O)C2)NN1. The lowest BCUT2D eigenvalue weighted by Crippen LogP contribution is -2.56. The Morgan fingerprint density at radius 3 is 2.71 bits per heavy atom. The summed E-state index contributed by atoms with van der Waals surface area (Å²) in [5.74, 6) is 0.196. The number of nitrogens with zero attached hydrogens (tertiary/aromatic N) is 1. The van der Waals surface area contributed by atoms with Crippen molar-refractivity contribution in [2.45, 2.75) is 51.6 Å². The fraction of sp³-hybridized carbons (Fsp3) is 0.500. The molecule has 1 aromatic heterocycles. The third-order valence-electron chi connectivity index (χ3n) is 6.78. The molecule has 1 aromatic carbocycles. The van der Waals surface area contributed by atoms with Gasteiger partial charge in [-0.15, -0.1) is 11.3 Å². The summed E-state index contributed by atoms with van der Waals surface area (Å²) in [6, 6.07) is 12.4. The molecule has 0 saturated carbocycles. The first-order chi connectivity index (χ1) is 14.9. The number of nitrogens with two attached hydrogens (primary N) is 1. The Labute approximate surface area is 188 Å². The largest absolute Gasteiger partial charge is 0.369 e. The van der Waals surface area contributed by atoms with Gasteiger partial charge in [0, 0.05) is 24.0 Å². The summed E-state index contributed by atoms with van der Waals surface area (Å²) in [6.07, 6.45) is 2.79. The van der Waals surface area contributed by atoms with E-state index in [2.05, 4.69) is 48.3 Å². The van der Waals surface area contributed by atoms with Crippen molar-refractivity contribution in [2.75, 3.05) is 13.1 Å². The average Bonchev–Trinajstić information content (AvgIpc) is 3.46. The number of benzene rings is 1. The van der Waals surface area contributed by atoms with Gasteiger partial charge in [0.15, 0.2) is 0 Å². The second-order valence-electron chi connectivity index (χ2n) is 9.25. The number of hydrogen-bond acceptors (Lipinski definition) is 5. The summed E-state index contributed by atoms with van der Waals surface area (Å²) in [4.78, 5) is 29.1. The molecule has 31 heavy (non-hydrogen) atoms. The highest BCUT2D eigenvalue weighted by molar-refractivity contribution is 7.13. The molecular weight excluding hydrogens is 408 g/mol. The van der Waals surface area contributed by atoms with Crippen LogP contribution in [0.2, 0.25) is 0 Å². The number of carbonyl (C=O) groups excluding carboxylic acids is 2. The fourth-order valence-corrected chi connectivity index (χ4v) is 5.65. The second kappa shape index (κ2) is 9.10. The van der Waals surface area contributed by atoms with Gasteiger partial charge in [0.2, 0.25) is 11.8 Å². The van der Waals surface area contributed by atoms with Crippen LogP contribution in [-0.2, 0) is 16.0 Å². The molecule has 3 unspecified atom stereocenters. The van der Waals surface area contributed by atoms with Crippen molar-refractivity contribution in [1.29, 1.82) is 0 Å². The van der Waals surface area contributed by atoms with Gasteiger partial charge in [-0.3, -0.25) is 15.0 Å².